The fourth-order valence-electron chi connectivity index (χ4n) is 2.03. The van der Waals surface area contributed by atoms with E-state index in [1.807, 2.05) is 42.2 Å². The van der Waals surface area contributed by atoms with Crippen LogP contribution in [-0.2, 0) is 4.79 Å². The van der Waals surface area contributed by atoms with Crippen LogP contribution in [0.15, 0.2) is 36.8 Å². The van der Waals surface area contributed by atoms with Crippen LogP contribution in [0.1, 0.15) is 11.3 Å². The Morgan fingerprint density at radius 2 is 2.12 bits per heavy atom. The summed E-state index contributed by atoms with van der Waals surface area (Å²) in [6.45, 7) is 1.92. The zero-order valence-electron chi connectivity index (χ0n) is 13.3. The monoisotopic (exact) mass is 363 g/mol. The van der Waals surface area contributed by atoms with Crippen LogP contribution in [0.25, 0.3) is 22.8 Å². The van der Waals surface area contributed by atoms with E-state index in [0.29, 0.717) is 0 Å². The van der Waals surface area contributed by atoms with Crippen molar-refractivity contribution in [1.29, 1.82) is 5.26 Å². The largest absolute Gasteiger partial charge is 0.490 e. The summed E-state index contributed by atoms with van der Waals surface area (Å²) < 4.78 is 33.5. The Labute approximate surface area is 145 Å². The number of halogens is 3. The number of aliphatic carboxylic acids is 1. The standard InChI is InChI=1S/C14H11N5.C2HF3O2/c1-10-11(3-2-6-15)9-19(18-10)13-5-8-17-14-12(13)4-7-16-14;3-2(4,5)1(6)7/h2-5,7-9H,1H3,(H,16,17);(H,6,7)/b3-2+;. The summed E-state index contributed by atoms with van der Waals surface area (Å²) >= 11 is 0. The minimum atomic E-state index is -5.08. The highest BCUT2D eigenvalue weighted by Gasteiger charge is 2.38. The SMILES string of the molecule is Cc1nn(-c2ccnc3[nH]ccc23)cc1/C=C/C#N.O=C(O)C(F)(F)F. The van der Waals surface area contributed by atoms with Gasteiger partial charge in [0.15, 0.2) is 0 Å². The Hall–Kier alpha value is -3.61. The van der Waals surface area contributed by atoms with E-state index >= 15 is 0 Å². The first-order valence-corrected chi connectivity index (χ1v) is 7.09. The number of nitriles is 1. The lowest BCUT2D eigenvalue weighted by molar-refractivity contribution is -0.192. The van der Waals surface area contributed by atoms with Gasteiger partial charge < -0.3 is 10.1 Å². The predicted molar refractivity (Wildman–Crippen MR) is 86.3 cm³/mol. The van der Waals surface area contributed by atoms with Gasteiger partial charge in [-0.25, -0.2) is 14.5 Å². The van der Waals surface area contributed by atoms with Crippen molar-refractivity contribution in [3.63, 3.8) is 0 Å². The lowest BCUT2D eigenvalue weighted by Gasteiger charge is -2.01. The number of hydrogen-bond donors (Lipinski definition) is 2. The van der Waals surface area contributed by atoms with Crippen LogP contribution in [0.5, 0.6) is 0 Å². The van der Waals surface area contributed by atoms with Crippen molar-refractivity contribution in [2.45, 2.75) is 13.1 Å². The van der Waals surface area contributed by atoms with Gasteiger partial charge in [0.1, 0.15) is 5.65 Å². The Bertz CT molecular complexity index is 995. The van der Waals surface area contributed by atoms with E-state index in [1.54, 1.807) is 12.3 Å². The Morgan fingerprint density at radius 3 is 2.73 bits per heavy atom. The number of nitrogens with zero attached hydrogens (tertiary/aromatic N) is 4. The molecule has 0 atom stereocenters. The van der Waals surface area contributed by atoms with Crippen LogP contribution in [0, 0.1) is 18.3 Å². The van der Waals surface area contributed by atoms with Crippen LogP contribution in [0.4, 0.5) is 13.2 Å². The summed E-state index contributed by atoms with van der Waals surface area (Å²) in [6.07, 6.45) is 3.63. The van der Waals surface area contributed by atoms with Crippen LogP contribution < -0.4 is 0 Å². The average molecular weight is 363 g/mol. The molecule has 0 unspecified atom stereocenters. The van der Waals surface area contributed by atoms with Crippen molar-refractivity contribution >= 4 is 23.1 Å². The number of H-pyrrole nitrogens is 1. The molecule has 0 aromatic carbocycles. The van der Waals surface area contributed by atoms with E-state index in [1.165, 1.54) is 6.08 Å². The zero-order valence-corrected chi connectivity index (χ0v) is 13.3. The van der Waals surface area contributed by atoms with Crippen LogP contribution in [0.3, 0.4) is 0 Å². The van der Waals surface area contributed by atoms with Gasteiger partial charge in [-0.05, 0) is 25.1 Å². The third-order valence-electron chi connectivity index (χ3n) is 3.20. The van der Waals surface area contributed by atoms with E-state index in [4.69, 9.17) is 15.2 Å². The maximum atomic E-state index is 10.6. The second kappa shape index (κ2) is 7.52. The van der Waals surface area contributed by atoms with Crippen LogP contribution in [-0.4, -0.2) is 37.0 Å². The highest BCUT2D eigenvalue weighted by molar-refractivity contribution is 5.84. The minimum Gasteiger partial charge on any atom is -0.475 e. The highest BCUT2D eigenvalue weighted by Crippen LogP contribution is 2.20. The molecular formula is C16H12F3N5O2. The van der Waals surface area contributed by atoms with Crippen molar-refractivity contribution in [2.75, 3.05) is 0 Å². The lowest BCUT2D eigenvalue weighted by Crippen LogP contribution is -2.21. The summed E-state index contributed by atoms with van der Waals surface area (Å²) in [5, 5.41) is 21.2. The second-order valence-corrected chi connectivity index (χ2v) is 4.95. The van der Waals surface area contributed by atoms with Crippen molar-refractivity contribution < 1.29 is 23.1 Å². The molecule has 0 radical (unpaired) electrons. The average Bonchev–Trinajstić information content (AvgIpc) is 3.18. The Morgan fingerprint density at radius 1 is 1.42 bits per heavy atom. The van der Waals surface area contributed by atoms with E-state index in [2.05, 4.69) is 15.1 Å². The number of hydrogen-bond acceptors (Lipinski definition) is 4. The number of alkyl halides is 3. The maximum Gasteiger partial charge on any atom is 0.490 e. The van der Waals surface area contributed by atoms with Crippen LogP contribution >= 0.6 is 0 Å². The maximum absolute atomic E-state index is 10.6. The number of aromatic nitrogens is 4. The molecule has 0 fully saturated rings. The molecule has 0 spiro atoms. The van der Waals surface area contributed by atoms with Crippen molar-refractivity contribution in [3.8, 4) is 11.8 Å². The quantitative estimate of drug-likeness (QED) is 0.680. The molecule has 3 heterocycles. The number of carbonyl (C=O) groups is 1. The van der Waals surface area contributed by atoms with Gasteiger partial charge in [-0.1, -0.05) is 0 Å². The lowest BCUT2D eigenvalue weighted by atomic mass is 10.2. The van der Waals surface area contributed by atoms with Gasteiger partial charge in [-0.3, -0.25) is 0 Å². The molecule has 3 aromatic heterocycles. The van der Waals surface area contributed by atoms with E-state index in [0.717, 1.165) is 28.0 Å². The third-order valence-corrected chi connectivity index (χ3v) is 3.20. The first-order chi connectivity index (χ1) is 12.2. The number of aryl methyl sites for hydroxylation is 1. The van der Waals surface area contributed by atoms with Crippen molar-refractivity contribution in [3.05, 3.63) is 48.1 Å². The number of rotatable bonds is 2. The summed E-state index contributed by atoms with van der Waals surface area (Å²) in [7, 11) is 0. The Balaban J connectivity index is 0.000000298. The van der Waals surface area contributed by atoms with Crippen molar-refractivity contribution in [2.24, 2.45) is 0 Å². The summed E-state index contributed by atoms with van der Waals surface area (Å²) in [6, 6.07) is 5.87. The van der Waals surface area contributed by atoms with Gasteiger partial charge in [-0.2, -0.15) is 23.5 Å². The fourth-order valence-corrected chi connectivity index (χ4v) is 2.03. The minimum absolute atomic E-state index is 0.833. The molecule has 0 amide bonds. The molecule has 0 saturated heterocycles. The molecule has 0 aliphatic heterocycles. The van der Waals surface area contributed by atoms with E-state index in [9.17, 15) is 13.2 Å². The molecule has 0 saturated carbocycles. The molecule has 26 heavy (non-hydrogen) atoms. The second-order valence-electron chi connectivity index (χ2n) is 4.95. The van der Waals surface area contributed by atoms with Crippen molar-refractivity contribution in [1.82, 2.24) is 19.7 Å². The molecule has 3 aromatic rings. The summed E-state index contributed by atoms with van der Waals surface area (Å²) in [5.74, 6) is -2.76. The van der Waals surface area contributed by atoms with Gasteiger partial charge in [0.25, 0.3) is 0 Å². The number of carboxylic acid groups (broad SMARTS) is 1. The predicted octanol–water partition coefficient (Wildman–Crippen LogP) is 3.23. The topological polar surface area (TPSA) is 108 Å². The fraction of sp³-hybridized carbons (Fsp3) is 0.125. The molecule has 7 nitrogen and oxygen atoms in total. The third kappa shape index (κ3) is 4.27. The number of carboxylic acids is 1. The molecule has 0 aliphatic rings. The number of pyridine rings is 1. The normalized spacial score (nSPS) is 11.2. The first kappa shape index (κ1) is 18.7. The molecule has 0 aliphatic carbocycles. The first-order valence-electron chi connectivity index (χ1n) is 7.09. The van der Waals surface area contributed by atoms with E-state index in [-0.39, 0.29) is 0 Å². The zero-order chi connectivity index (χ0) is 19.3. The molecule has 10 heteroatoms. The number of nitrogens with one attached hydrogen (secondary N) is 1. The van der Waals surface area contributed by atoms with Gasteiger partial charge in [0.2, 0.25) is 0 Å². The van der Waals surface area contributed by atoms with E-state index < -0.39 is 12.1 Å². The molecule has 0 bridgehead atoms. The molecule has 3 rings (SSSR count). The summed E-state index contributed by atoms with van der Waals surface area (Å²) in [5.41, 5.74) is 3.61. The molecule has 134 valence electrons. The van der Waals surface area contributed by atoms with Gasteiger partial charge in [-0.15, -0.1) is 0 Å². The molecule has 2 N–H and O–H groups in total. The smallest absolute Gasteiger partial charge is 0.475 e. The Kier molecular flexibility index (Phi) is 5.42. The summed E-state index contributed by atoms with van der Waals surface area (Å²) in [4.78, 5) is 16.2. The highest BCUT2D eigenvalue weighted by atomic mass is 19.4. The van der Waals surface area contributed by atoms with Gasteiger partial charge in [0.05, 0.1) is 17.5 Å². The number of fused-ring (bicyclic) bond motifs is 1. The van der Waals surface area contributed by atoms with Gasteiger partial charge in [0, 0.05) is 35.6 Å². The van der Waals surface area contributed by atoms with Gasteiger partial charge >= 0.3 is 12.1 Å². The van der Waals surface area contributed by atoms with Crippen LogP contribution in [0.2, 0.25) is 0 Å². The molecular weight excluding hydrogens is 351 g/mol. The number of aromatic amines is 1. The number of allylic oxidation sites excluding steroid dienone is 1.